The van der Waals surface area contributed by atoms with Gasteiger partial charge in [-0.15, -0.1) is 0 Å². The average Bonchev–Trinajstić information content (AvgIpc) is 2.43. The second-order valence-corrected chi connectivity index (χ2v) is 7.99. The van der Waals surface area contributed by atoms with Crippen LogP contribution in [0.2, 0.25) is 0 Å². The van der Waals surface area contributed by atoms with E-state index in [4.69, 9.17) is 5.73 Å². The standard InChI is InChI=1S/C15H24N2O3S/c1-11-5-7-15(18,8-6-11)10-17-21(19,20)14-9-13(16)4-3-12(14)2/h3-4,9,11,17-18H,5-8,10,16H2,1-2H3. The lowest BCUT2D eigenvalue weighted by molar-refractivity contribution is -0.00183. The van der Waals surface area contributed by atoms with Crippen molar-refractivity contribution in [3.8, 4) is 0 Å². The Morgan fingerprint density at radius 2 is 2.00 bits per heavy atom. The summed E-state index contributed by atoms with van der Waals surface area (Å²) in [5.74, 6) is 0.595. The van der Waals surface area contributed by atoms with E-state index < -0.39 is 15.6 Å². The Kier molecular flexibility index (Phi) is 4.60. The van der Waals surface area contributed by atoms with Crippen molar-refractivity contribution in [1.82, 2.24) is 4.72 Å². The molecule has 4 N–H and O–H groups in total. The Morgan fingerprint density at radius 3 is 2.62 bits per heavy atom. The average molecular weight is 312 g/mol. The van der Waals surface area contributed by atoms with Gasteiger partial charge in [-0.25, -0.2) is 13.1 Å². The van der Waals surface area contributed by atoms with Gasteiger partial charge >= 0.3 is 0 Å². The molecule has 0 bridgehead atoms. The van der Waals surface area contributed by atoms with E-state index in [1.54, 1.807) is 19.1 Å². The van der Waals surface area contributed by atoms with E-state index in [-0.39, 0.29) is 11.4 Å². The van der Waals surface area contributed by atoms with Crippen LogP contribution in [0.25, 0.3) is 0 Å². The second-order valence-electron chi connectivity index (χ2n) is 6.26. The molecule has 1 saturated carbocycles. The molecule has 21 heavy (non-hydrogen) atoms. The highest BCUT2D eigenvalue weighted by molar-refractivity contribution is 7.89. The summed E-state index contributed by atoms with van der Waals surface area (Å²) in [6.45, 7) is 3.93. The first kappa shape index (κ1) is 16.3. The summed E-state index contributed by atoms with van der Waals surface area (Å²) in [6.07, 6.45) is 3.12. The van der Waals surface area contributed by atoms with E-state index >= 15 is 0 Å². The molecule has 0 atom stereocenters. The van der Waals surface area contributed by atoms with Crippen molar-refractivity contribution in [1.29, 1.82) is 0 Å². The highest BCUT2D eigenvalue weighted by atomic mass is 32.2. The number of aryl methyl sites for hydroxylation is 1. The van der Waals surface area contributed by atoms with Crippen LogP contribution in [-0.2, 0) is 10.0 Å². The molecule has 0 spiro atoms. The van der Waals surface area contributed by atoms with E-state index in [1.807, 2.05) is 0 Å². The Balaban J connectivity index is 2.09. The monoisotopic (exact) mass is 312 g/mol. The molecule has 1 aromatic rings. The van der Waals surface area contributed by atoms with Crippen LogP contribution >= 0.6 is 0 Å². The topological polar surface area (TPSA) is 92.4 Å². The van der Waals surface area contributed by atoms with Crippen LogP contribution in [0, 0.1) is 12.8 Å². The molecule has 118 valence electrons. The minimum absolute atomic E-state index is 0.0519. The zero-order chi connectivity index (χ0) is 15.7. The van der Waals surface area contributed by atoms with Gasteiger partial charge in [0.15, 0.2) is 0 Å². The molecule has 0 unspecified atom stereocenters. The van der Waals surface area contributed by atoms with Crippen LogP contribution in [0.3, 0.4) is 0 Å². The maximum absolute atomic E-state index is 12.4. The number of nitrogens with two attached hydrogens (primary N) is 1. The van der Waals surface area contributed by atoms with E-state index in [9.17, 15) is 13.5 Å². The minimum Gasteiger partial charge on any atom is -0.399 e. The number of nitrogens with one attached hydrogen (secondary N) is 1. The van der Waals surface area contributed by atoms with Crippen molar-refractivity contribution in [2.24, 2.45) is 5.92 Å². The number of benzene rings is 1. The zero-order valence-electron chi connectivity index (χ0n) is 12.6. The fourth-order valence-corrected chi connectivity index (χ4v) is 4.09. The number of aliphatic hydroxyl groups is 1. The highest BCUT2D eigenvalue weighted by Crippen LogP contribution is 2.31. The molecule has 0 amide bonds. The van der Waals surface area contributed by atoms with Crippen LogP contribution in [0.1, 0.15) is 38.2 Å². The molecule has 6 heteroatoms. The summed E-state index contributed by atoms with van der Waals surface area (Å²) in [7, 11) is -3.65. The maximum Gasteiger partial charge on any atom is 0.241 e. The molecular formula is C15H24N2O3S. The third kappa shape index (κ3) is 3.96. The summed E-state index contributed by atoms with van der Waals surface area (Å²) in [6, 6.07) is 4.80. The van der Waals surface area contributed by atoms with Gasteiger partial charge in [-0.05, 0) is 56.2 Å². The van der Waals surface area contributed by atoms with Gasteiger partial charge in [0.2, 0.25) is 10.0 Å². The predicted molar refractivity (Wildman–Crippen MR) is 83.4 cm³/mol. The van der Waals surface area contributed by atoms with Gasteiger partial charge in [0, 0.05) is 12.2 Å². The molecule has 1 aliphatic rings. The summed E-state index contributed by atoms with van der Waals surface area (Å²) < 4.78 is 27.3. The molecular weight excluding hydrogens is 288 g/mol. The Bertz CT molecular complexity index is 605. The van der Waals surface area contributed by atoms with Gasteiger partial charge in [0.1, 0.15) is 0 Å². The van der Waals surface area contributed by atoms with Crippen LogP contribution in [-0.4, -0.2) is 25.7 Å². The fourth-order valence-electron chi connectivity index (χ4n) is 2.69. The van der Waals surface area contributed by atoms with Crippen molar-refractivity contribution in [2.45, 2.75) is 50.0 Å². The van der Waals surface area contributed by atoms with Gasteiger partial charge in [0.05, 0.1) is 10.5 Å². The lowest BCUT2D eigenvalue weighted by Crippen LogP contribution is -2.45. The van der Waals surface area contributed by atoms with Crippen LogP contribution in [0.15, 0.2) is 23.1 Å². The number of nitrogen functional groups attached to an aromatic ring is 1. The van der Waals surface area contributed by atoms with Crippen molar-refractivity contribution < 1.29 is 13.5 Å². The molecule has 1 aromatic carbocycles. The second kappa shape index (κ2) is 5.94. The number of rotatable bonds is 4. The van der Waals surface area contributed by atoms with Gasteiger partial charge in [0.25, 0.3) is 0 Å². The third-order valence-corrected chi connectivity index (χ3v) is 5.84. The van der Waals surface area contributed by atoms with Crippen molar-refractivity contribution in [2.75, 3.05) is 12.3 Å². The minimum atomic E-state index is -3.65. The smallest absolute Gasteiger partial charge is 0.241 e. The maximum atomic E-state index is 12.4. The highest BCUT2D eigenvalue weighted by Gasteiger charge is 2.33. The SMILES string of the molecule is Cc1ccc(N)cc1S(=O)(=O)NCC1(O)CCC(C)CC1. The first-order valence-electron chi connectivity index (χ1n) is 7.30. The molecule has 0 radical (unpaired) electrons. The van der Waals surface area contributed by atoms with Gasteiger partial charge in [-0.3, -0.25) is 0 Å². The molecule has 1 aliphatic carbocycles. The van der Waals surface area contributed by atoms with E-state index in [0.717, 1.165) is 12.8 Å². The Hall–Kier alpha value is -1.11. The fraction of sp³-hybridized carbons (Fsp3) is 0.600. The Morgan fingerprint density at radius 1 is 1.38 bits per heavy atom. The van der Waals surface area contributed by atoms with Crippen molar-refractivity contribution >= 4 is 15.7 Å². The molecule has 0 heterocycles. The lowest BCUT2D eigenvalue weighted by Gasteiger charge is -2.34. The number of hydrogen-bond donors (Lipinski definition) is 3. The zero-order valence-corrected chi connectivity index (χ0v) is 13.4. The molecule has 1 fully saturated rings. The molecule has 0 aliphatic heterocycles. The third-order valence-electron chi connectivity index (χ3n) is 4.30. The normalized spacial score (nSPS) is 26.7. The first-order chi connectivity index (χ1) is 9.72. The van der Waals surface area contributed by atoms with Gasteiger partial charge in [-0.2, -0.15) is 0 Å². The number of hydrogen-bond acceptors (Lipinski definition) is 4. The summed E-state index contributed by atoms with van der Waals surface area (Å²) in [5, 5.41) is 10.5. The first-order valence-corrected chi connectivity index (χ1v) is 8.78. The number of anilines is 1. The van der Waals surface area contributed by atoms with Gasteiger partial charge < -0.3 is 10.8 Å². The molecule has 0 aromatic heterocycles. The van der Waals surface area contributed by atoms with Crippen LogP contribution < -0.4 is 10.5 Å². The van der Waals surface area contributed by atoms with E-state index in [0.29, 0.717) is 30.0 Å². The van der Waals surface area contributed by atoms with Crippen LogP contribution in [0.4, 0.5) is 5.69 Å². The quantitative estimate of drug-likeness (QED) is 0.739. The van der Waals surface area contributed by atoms with E-state index in [1.165, 1.54) is 6.07 Å². The van der Waals surface area contributed by atoms with Gasteiger partial charge in [-0.1, -0.05) is 13.0 Å². The van der Waals surface area contributed by atoms with Crippen molar-refractivity contribution in [3.05, 3.63) is 23.8 Å². The lowest BCUT2D eigenvalue weighted by atomic mass is 9.80. The predicted octanol–water partition coefficient (Wildman–Crippen LogP) is 1.80. The summed E-state index contributed by atoms with van der Waals surface area (Å²) >= 11 is 0. The Labute approximate surface area is 126 Å². The molecule has 2 rings (SSSR count). The van der Waals surface area contributed by atoms with E-state index in [2.05, 4.69) is 11.6 Å². The molecule has 5 nitrogen and oxygen atoms in total. The largest absolute Gasteiger partial charge is 0.399 e. The van der Waals surface area contributed by atoms with Crippen molar-refractivity contribution in [3.63, 3.8) is 0 Å². The number of sulfonamides is 1. The van der Waals surface area contributed by atoms with Crippen LogP contribution in [0.5, 0.6) is 0 Å². The summed E-state index contributed by atoms with van der Waals surface area (Å²) in [5.41, 5.74) is 5.77. The molecule has 0 saturated heterocycles. The summed E-state index contributed by atoms with van der Waals surface area (Å²) in [4.78, 5) is 0.176.